The van der Waals surface area contributed by atoms with Gasteiger partial charge in [-0.05, 0) is 26.0 Å². The second-order valence-corrected chi connectivity index (χ2v) is 4.87. The second-order valence-electron chi connectivity index (χ2n) is 4.87. The maximum atomic E-state index is 14.0. The summed E-state index contributed by atoms with van der Waals surface area (Å²) in [5.74, 6) is -0.0944. The van der Waals surface area contributed by atoms with Crippen LogP contribution in [0.25, 0.3) is 22.8 Å². The summed E-state index contributed by atoms with van der Waals surface area (Å²) in [7, 11) is 0. The van der Waals surface area contributed by atoms with Crippen LogP contribution in [-0.4, -0.2) is 4.98 Å². The van der Waals surface area contributed by atoms with E-state index in [1.807, 2.05) is 62.4 Å². The third kappa shape index (κ3) is 2.35. The van der Waals surface area contributed by atoms with Crippen LogP contribution in [0.4, 0.5) is 4.39 Å². The Kier molecular flexibility index (Phi) is 3.11. The van der Waals surface area contributed by atoms with Gasteiger partial charge in [0, 0.05) is 11.1 Å². The first-order chi connectivity index (χ1) is 9.63. The molecule has 3 rings (SSSR count). The molecule has 2 aromatic carbocycles. The minimum absolute atomic E-state index is 0.181. The van der Waals surface area contributed by atoms with E-state index < -0.39 is 5.95 Å². The van der Waals surface area contributed by atoms with Gasteiger partial charge in [-0.25, -0.2) is 0 Å². The Morgan fingerprint density at radius 1 is 0.800 bits per heavy atom. The second kappa shape index (κ2) is 4.93. The van der Waals surface area contributed by atoms with Gasteiger partial charge >= 0.3 is 0 Å². The Morgan fingerprint density at radius 3 is 1.85 bits per heavy atom. The molecule has 2 nitrogen and oxygen atoms in total. The van der Waals surface area contributed by atoms with Crippen molar-refractivity contribution in [3.8, 4) is 22.8 Å². The number of aryl methyl sites for hydroxylation is 2. The molecular weight excluding hydrogens is 253 g/mol. The van der Waals surface area contributed by atoms with Gasteiger partial charge in [0.2, 0.25) is 5.89 Å². The topological polar surface area (TPSA) is 26.0 Å². The highest BCUT2D eigenvalue weighted by atomic mass is 19.1. The van der Waals surface area contributed by atoms with E-state index >= 15 is 0 Å². The average molecular weight is 267 g/mol. The van der Waals surface area contributed by atoms with Crippen LogP contribution in [0, 0.1) is 19.8 Å². The molecule has 0 fully saturated rings. The fourth-order valence-corrected chi connectivity index (χ4v) is 2.00. The molecule has 3 aromatic rings. The molecule has 0 spiro atoms. The van der Waals surface area contributed by atoms with Gasteiger partial charge in [0.25, 0.3) is 5.95 Å². The Bertz CT molecular complexity index is 727. The summed E-state index contributed by atoms with van der Waals surface area (Å²) in [6, 6.07) is 15.1. The van der Waals surface area contributed by atoms with Crippen molar-refractivity contribution in [3.63, 3.8) is 0 Å². The zero-order valence-electron chi connectivity index (χ0n) is 11.4. The predicted octanol–water partition coefficient (Wildman–Crippen LogP) is 4.76. The standard InChI is InChI=1S/C17H14FNO/c1-11-3-7-13(8-4-11)15-16(18)19-17(20-15)14-9-5-12(2)6-10-14/h3-10H,1-2H3. The fraction of sp³-hybridized carbons (Fsp3) is 0.118. The molecule has 0 unspecified atom stereocenters. The van der Waals surface area contributed by atoms with Crippen molar-refractivity contribution in [2.24, 2.45) is 0 Å². The molecule has 0 atom stereocenters. The Labute approximate surface area is 116 Å². The number of rotatable bonds is 2. The monoisotopic (exact) mass is 267 g/mol. The summed E-state index contributed by atoms with van der Waals surface area (Å²) >= 11 is 0. The molecule has 1 heterocycles. The molecule has 0 amide bonds. The quantitative estimate of drug-likeness (QED) is 0.668. The lowest BCUT2D eigenvalue weighted by Gasteiger charge is -1.98. The van der Waals surface area contributed by atoms with E-state index in [0.717, 1.165) is 16.7 Å². The van der Waals surface area contributed by atoms with Crippen LogP contribution in [0.3, 0.4) is 0 Å². The van der Waals surface area contributed by atoms with Crippen LogP contribution in [-0.2, 0) is 0 Å². The van der Waals surface area contributed by atoms with Crippen LogP contribution in [0.2, 0.25) is 0 Å². The molecule has 0 N–H and O–H groups in total. The van der Waals surface area contributed by atoms with E-state index in [1.54, 1.807) is 0 Å². The number of halogens is 1. The molecule has 0 aliphatic rings. The first-order valence-electron chi connectivity index (χ1n) is 6.44. The number of hydrogen-bond acceptors (Lipinski definition) is 2. The van der Waals surface area contributed by atoms with E-state index in [-0.39, 0.29) is 5.76 Å². The Balaban J connectivity index is 2.02. The summed E-state index contributed by atoms with van der Waals surface area (Å²) in [5, 5.41) is 0. The summed E-state index contributed by atoms with van der Waals surface area (Å²) < 4.78 is 19.5. The third-order valence-corrected chi connectivity index (χ3v) is 3.20. The largest absolute Gasteiger partial charge is 0.433 e. The van der Waals surface area contributed by atoms with Gasteiger partial charge in [0.05, 0.1) is 0 Å². The minimum Gasteiger partial charge on any atom is -0.433 e. The van der Waals surface area contributed by atoms with Gasteiger partial charge in [-0.15, -0.1) is 0 Å². The SMILES string of the molecule is Cc1ccc(-c2nc(F)c(-c3ccc(C)cc3)o2)cc1. The Hall–Kier alpha value is -2.42. The van der Waals surface area contributed by atoms with E-state index in [0.29, 0.717) is 11.5 Å². The maximum Gasteiger partial charge on any atom is 0.259 e. The maximum absolute atomic E-state index is 14.0. The number of nitrogens with zero attached hydrogens (tertiary/aromatic N) is 1. The van der Waals surface area contributed by atoms with Crippen molar-refractivity contribution >= 4 is 0 Å². The van der Waals surface area contributed by atoms with Gasteiger partial charge in [-0.3, -0.25) is 0 Å². The summed E-state index contributed by atoms with van der Waals surface area (Å²) in [5.41, 5.74) is 3.72. The van der Waals surface area contributed by atoms with Crippen molar-refractivity contribution in [1.29, 1.82) is 0 Å². The lowest BCUT2D eigenvalue weighted by atomic mass is 10.1. The predicted molar refractivity (Wildman–Crippen MR) is 76.8 cm³/mol. The molecule has 100 valence electrons. The van der Waals surface area contributed by atoms with Crippen molar-refractivity contribution < 1.29 is 8.81 Å². The number of benzene rings is 2. The van der Waals surface area contributed by atoms with Crippen LogP contribution in [0.15, 0.2) is 52.9 Å². The smallest absolute Gasteiger partial charge is 0.259 e. The summed E-state index contributed by atoms with van der Waals surface area (Å²) in [4.78, 5) is 3.88. The van der Waals surface area contributed by atoms with Crippen LogP contribution >= 0.6 is 0 Å². The highest BCUT2D eigenvalue weighted by molar-refractivity contribution is 5.62. The van der Waals surface area contributed by atoms with Gasteiger partial charge < -0.3 is 4.42 Å². The lowest BCUT2D eigenvalue weighted by Crippen LogP contribution is -1.80. The first-order valence-corrected chi connectivity index (χ1v) is 6.44. The van der Waals surface area contributed by atoms with Gasteiger partial charge in [-0.2, -0.15) is 9.37 Å². The molecule has 0 bridgehead atoms. The summed E-state index contributed by atoms with van der Waals surface area (Å²) in [6.45, 7) is 3.98. The normalized spacial score (nSPS) is 10.8. The molecule has 20 heavy (non-hydrogen) atoms. The zero-order chi connectivity index (χ0) is 14.1. The Morgan fingerprint density at radius 2 is 1.30 bits per heavy atom. The zero-order valence-corrected chi connectivity index (χ0v) is 11.4. The van der Waals surface area contributed by atoms with Crippen molar-refractivity contribution in [1.82, 2.24) is 4.98 Å². The van der Waals surface area contributed by atoms with E-state index in [1.165, 1.54) is 0 Å². The number of hydrogen-bond donors (Lipinski definition) is 0. The number of aromatic nitrogens is 1. The van der Waals surface area contributed by atoms with E-state index in [9.17, 15) is 4.39 Å². The highest BCUT2D eigenvalue weighted by Gasteiger charge is 2.15. The molecular formula is C17H14FNO. The molecule has 0 saturated heterocycles. The molecule has 0 aliphatic carbocycles. The van der Waals surface area contributed by atoms with Crippen LogP contribution < -0.4 is 0 Å². The van der Waals surface area contributed by atoms with Crippen molar-refractivity contribution in [3.05, 3.63) is 65.6 Å². The molecule has 3 heteroatoms. The molecule has 0 aliphatic heterocycles. The van der Waals surface area contributed by atoms with Gasteiger partial charge in [0.15, 0.2) is 5.76 Å². The van der Waals surface area contributed by atoms with Crippen molar-refractivity contribution in [2.45, 2.75) is 13.8 Å². The fourth-order valence-electron chi connectivity index (χ4n) is 2.00. The van der Waals surface area contributed by atoms with E-state index in [4.69, 9.17) is 4.42 Å². The third-order valence-electron chi connectivity index (χ3n) is 3.20. The summed E-state index contributed by atoms with van der Waals surface area (Å²) in [6.07, 6.45) is 0. The molecule has 0 radical (unpaired) electrons. The van der Waals surface area contributed by atoms with Crippen LogP contribution in [0.1, 0.15) is 11.1 Å². The number of oxazole rings is 1. The first kappa shape index (κ1) is 12.6. The van der Waals surface area contributed by atoms with Crippen molar-refractivity contribution in [2.75, 3.05) is 0 Å². The lowest BCUT2D eigenvalue weighted by molar-refractivity contribution is 0.555. The van der Waals surface area contributed by atoms with Gasteiger partial charge in [-0.1, -0.05) is 47.5 Å². The minimum atomic E-state index is -0.579. The highest BCUT2D eigenvalue weighted by Crippen LogP contribution is 2.29. The average Bonchev–Trinajstić information content (AvgIpc) is 2.82. The van der Waals surface area contributed by atoms with Crippen LogP contribution in [0.5, 0.6) is 0 Å². The molecule has 1 aromatic heterocycles. The van der Waals surface area contributed by atoms with E-state index in [2.05, 4.69) is 4.98 Å². The van der Waals surface area contributed by atoms with Gasteiger partial charge in [0.1, 0.15) is 0 Å². The molecule has 0 saturated carbocycles.